The first kappa shape index (κ1) is 21.1. The van der Waals surface area contributed by atoms with Crippen molar-refractivity contribution in [3.05, 3.63) is 63.6 Å². The number of nitrogens with one attached hydrogen (secondary N) is 1. The van der Waals surface area contributed by atoms with Crippen molar-refractivity contribution >= 4 is 22.4 Å². The van der Waals surface area contributed by atoms with Crippen molar-refractivity contribution in [3.63, 3.8) is 0 Å². The molecule has 3 aromatic rings. The molecule has 1 aromatic carbocycles. The van der Waals surface area contributed by atoms with Crippen LogP contribution in [-0.2, 0) is 6.54 Å². The molecular formula is C21H21F4N5O. The predicted molar refractivity (Wildman–Crippen MR) is 111 cm³/mol. The molecule has 0 radical (unpaired) electrons. The molecule has 0 bridgehead atoms. The van der Waals surface area contributed by atoms with Crippen molar-refractivity contribution in [2.75, 3.05) is 36.8 Å². The fourth-order valence-corrected chi connectivity index (χ4v) is 3.83. The molecule has 2 aromatic heterocycles. The van der Waals surface area contributed by atoms with E-state index in [1.165, 1.54) is 6.07 Å². The largest absolute Gasteiger partial charge is 0.399 e. The summed E-state index contributed by atoms with van der Waals surface area (Å²) >= 11 is 0. The van der Waals surface area contributed by atoms with Crippen molar-refractivity contribution in [1.82, 2.24) is 14.9 Å². The van der Waals surface area contributed by atoms with Gasteiger partial charge in [-0.1, -0.05) is 0 Å². The van der Waals surface area contributed by atoms with Gasteiger partial charge in [0.05, 0.1) is 16.6 Å². The van der Waals surface area contributed by atoms with Gasteiger partial charge < -0.3 is 15.6 Å². The van der Waals surface area contributed by atoms with Crippen LogP contribution in [0.5, 0.6) is 0 Å². The molecule has 0 spiro atoms. The summed E-state index contributed by atoms with van der Waals surface area (Å²) in [6.45, 7) is 2.97. The SMILES string of the molecule is Nc1ccc(N2CCN(Cc3cnc4cc(C(F)F)c(=O)[nH]c4c3)CC2)c(C(F)F)c1. The minimum absolute atomic E-state index is 0.0701. The first-order valence-corrected chi connectivity index (χ1v) is 9.76. The van der Waals surface area contributed by atoms with Gasteiger partial charge in [0.25, 0.3) is 18.4 Å². The zero-order valence-corrected chi connectivity index (χ0v) is 16.5. The molecule has 10 heteroatoms. The summed E-state index contributed by atoms with van der Waals surface area (Å²) < 4.78 is 52.5. The summed E-state index contributed by atoms with van der Waals surface area (Å²) in [5, 5.41) is 0. The van der Waals surface area contributed by atoms with Crippen LogP contribution in [-0.4, -0.2) is 41.0 Å². The van der Waals surface area contributed by atoms with E-state index in [0.29, 0.717) is 55.1 Å². The van der Waals surface area contributed by atoms with E-state index in [1.807, 2.05) is 4.90 Å². The number of nitrogen functional groups attached to an aromatic ring is 1. The molecule has 0 saturated carbocycles. The van der Waals surface area contributed by atoms with E-state index in [9.17, 15) is 22.4 Å². The highest BCUT2D eigenvalue weighted by atomic mass is 19.3. The third-order valence-electron chi connectivity index (χ3n) is 5.42. The lowest BCUT2D eigenvalue weighted by Crippen LogP contribution is -2.46. The zero-order valence-electron chi connectivity index (χ0n) is 16.5. The number of halogens is 4. The number of nitrogens with two attached hydrogens (primary N) is 1. The maximum Gasteiger partial charge on any atom is 0.269 e. The molecule has 0 atom stereocenters. The van der Waals surface area contributed by atoms with Gasteiger partial charge in [-0.3, -0.25) is 14.7 Å². The van der Waals surface area contributed by atoms with Gasteiger partial charge in [0.2, 0.25) is 0 Å². The zero-order chi connectivity index (χ0) is 22.1. The number of hydrogen-bond acceptors (Lipinski definition) is 5. The lowest BCUT2D eigenvalue weighted by Gasteiger charge is -2.37. The molecule has 1 aliphatic rings. The number of benzene rings is 1. The fraction of sp³-hybridized carbons (Fsp3) is 0.333. The maximum atomic E-state index is 13.4. The molecule has 1 saturated heterocycles. The Balaban J connectivity index is 1.45. The van der Waals surface area contributed by atoms with Crippen LogP contribution in [0.15, 0.2) is 41.3 Å². The molecule has 3 N–H and O–H groups in total. The number of nitrogens with zero attached hydrogens (tertiary/aromatic N) is 3. The quantitative estimate of drug-likeness (QED) is 0.472. The third kappa shape index (κ3) is 4.48. The van der Waals surface area contributed by atoms with Crippen LogP contribution in [0.3, 0.4) is 0 Å². The Morgan fingerprint density at radius 3 is 2.39 bits per heavy atom. The molecule has 0 aliphatic carbocycles. The van der Waals surface area contributed by atoms with Crippen LogP contribution >= 0.6 is 0 Å². The van der Waals surface area contributed by atoms with E-state index in [1.54, 1.807) is 24.4 Å². The predicted octanol–water partition coefficient (Wildman–Crippen LogP) is 3.70. The number of aromatic nitrogens is 2. The number of aromatic amines is 1. The first-order chi connectivity index (χ1) is 14.8. The number of fused-ring (bicyclic) bond motifs is 1. The smallest absolute Gasteiger partial charge is 0.269 e. The Labute approximate surface area is 175 Å². The average Bonchev–Trinajstić information content (AvgIpc) is 2.73. The summed E-state index contributed by atoms with van der Waals surface area (Å²) in [6, 6.07) is 7.39. The first-order valence-electron chi connectivity index (χ1n) is 9.76. The van der Waals surface area contributed by atoms with Crippen molar-refractivity contribution in [3.8, 4) is 0 Å². The summed E-state index contributed by atoms with van der Waals surface area (Å²) in [6.07, 6.45) is -3.87. The van der Waals surface area contributed by atoms with E-state index in [-0.39, 0.29) is 5.56 Å². The minimum Gasteiger partial charge on any atom is -0.399 e. The number of piperazine rings is 1. The van der Waals surface area contributed by atoms with Gasteiger partial charge in [-0.15, -0.1) is 0 Å². The second kappa shape index (κ2) is 8.54. The van der Waals surface area contributed by atoms with Gasteiger partial charge in [0.1, 0.15) is 0 Å². The van der Waals surface area contributed by atoms with Crippen molar-refractivity contribution in [1.29, 1.82) is 0 Å². The number of H-pyrrole nitrogens is 1. The van der Waals surface area contributed by atoms with Gasteiger partial charge in [0.15, 0.2) is 0 Å². The van der Waals surface area contributed by atoms with Crippen molar-refractivity contribution in [2.45, 2.75) is 19.4 Å². The summed E-state index contributed by atoms with van der Waals surface area (Å²) in [5.74, 6) is 0. The maximum absolute atomic E-state index is 13.4. The Bertz CT molecular complexity index is 1140. The van der Waals surface area contributed by atoms with Crippen molar-refractivity contribution in [2.24, 2.45) is 0 Å². The molecule has 31 heavy (non-hydrogen) atoms. The van der Waals surface area contributed by atoms with Crippen LogP contribution in [0, 0.1) is 0 Å². The number of anilines is 2. The van der Waals surface area contributed by atoms with Crippen LogP contribution < -0.4 is 16.2 Å². The molecule has 0 amide bonds. The molecule has 4 rings (SSSR count). The third-order valence-corrected chi connectivity index (χ3v) is 5.42. The van der Waals surface area contributed by atoms with E-state index in [4.69, 9.17) is 5.73 Å². The standard InChI is InChI=1S/C21H21F4N5O/c22-19(23)14-8-13(26)1-2-18(14)30-5-3-29(4-6-30)11-12-7-17-16(27-10-12)9-15(20(24)25)21(31)28-17/h1-2,7-10,19-20H,3-6,11,26H2,(H,28,31). The average molecular weight is 435 g/mol. The Morgan fingerprint density at radius 2 is 1.71 bits per heavy atom. The van der Waals surface area contributed by atoms with Gasteiger partial charge in [-0.2, -0.15) is 0 Å². The lowest BCUT2D eigenvalue weighted by atomic mass is 10.1. The van der Waals surface area contributed by atoms with E-state index in [0.717, 1.165) is 11.6 Å². The van der Waals surface area contributed by atoms with Gasteiger partial charge in [-0.25, -0.2) is 17.6 Å². The highest BCUT2D eigenvalue weighted by Crippen LogP contribution is 2.32. The van der Waals surface area contributed by atoms with Crippen LogP contribution in [0.4, 0.5) is 28.9 Å². The van der Waals surface area contributed by atoms with Crippen LogP contribution in [0.1, 0.15) is 29.5 Å². The molecule has 3 heterocycles. The number of pyridine rings is 2. The molecule has 1 fully saturated rings. The number of rotatable bonds is 5. The van der Waals surface area contributed by atoms with E-state index in [2.05, 4.69) is 14.9 Å². The summed E-state index contributed by atoms with van der Waals surface area (Å²) in [7, 11) is 0. The molecule has 0 unspecified atom stereocenters. The van der Waals surface area contributed by atoms with Gasteiger partial charge in [-0.05, 0) is 35.9 Å². The number of alkyl halides is 4. The van der Waals surface area contributed by atoms with E-state index >= 15 is 0 Å². The normalized spacial score (nSPS) is 15.4. The van der Waals surface area contributed by atoms with Crippen molar-refractivity contribution < 1.29 is 17.6 Å². The fourth-order valence-electron chi connectivity index (χ4n) is 3.83. The lowest BCUT2D eigenvalue weighted by molar-refractivity contribution is 0.149. The minimum atomic E-state index is -2.86. The molecule has 164 valence electrons. The highest BCUT2D eigenvalue weighted by molar-refractivity contribution is 5.75. The Hall–Kier alpha value is -3.14. The van der Waals surface area contributed by atoms with Gasteiger partial charge in [0, 0.05) is 55.9 Å². The number of hydrogen-bond donors (Lipinski definition) is 2. The Morgan fingerprint density at radius 1 is 1.00 bits per heavy atom. The topological polar surface area (TPSA) is 78.2 Å². The monoisotopic (exact) mass is 435 g/mol. The molecule has 6 nitrogen and oxygen atoms in total. The van der Waals surface area contributed by atoms with Crippen LogP contribution in [0.2, 0.25) is 0 Å². The van der Waals surface area contributed by atoms with E-state index < -0.39 is 24.0 Å². The van der Waals surface area contributed by atoms with Gasteiger partial charge >= 0.3 is 0 Å². The molecular weight excluding hydrogens is 414 g/mol. The highest BCUT2D eigenvalue weighted by Gasteiger charge is 2.23. The van der Waals surface area contributed by atoms with Crippen LogP contribution in [0.25, 0.3) is 11.0 Å². The Kier molecular flexibility index (Phi) is 5.81. The second-order valence-corrected chi connectivity index (χ2v) is 7.51. The second-order valence-electron chi connectivity index (χ2n) is 7.51. The summed E-state index contributed by atoms with van der Waals surface area (Å²) in [4.78, 5) is 22.5. The summed E-state index contributed by atoms with van der Waals surface area (Å²) in [5.41, 5.74) is 6.46. The molecule has 1 aliphatic heterocycles.